The SMILES string of the molecule is O=C(O)[C@H]1CCCCN1S(=O)(=O)c1ccccc1. The molecule has 5 nitrogen and oxygen atoms in total. The number of rotatable bonds is 3. The van der Waals surface area contributed by atoms with Crippen LogP contribution in [0.4, 0.5) is 0 Å². The first-order valence-electron chi connectivity index (χ1n) is 5.83. The van der Waals surface area contributed by atoms with Crippen LogP contribution in [0, 0.1) is 0 Å². The van der Waals surface area contributed by atoms with E-state index in [2.05, 4.69) is 0 Å². The molecule has 1 heterocycles. The number of carboxylic acid groups (broad SMARTS) is 1. The molecule has 0 unspecified atom stereocenters. The highest BCUT2D eigenvalue weighted by atomic mass is 32.2. The second-order valence-corrected chi connectivity index (χ2v) is 6.17. The van der Waals surface area contributed by atoms with E-state index >= 15 is 0 Å². The molecule has 18 heavy (non-hydrogen) atoms. The van der Waals surface area contributed by atoms with Crippen molar-refractivity contribution in [1.82, 2.24) is 4.31 Å². The first kappa shape index (κ1) is 13.0. The molecule has 0 amide bonds. The molecule has 1 fully saturated rings. The molecule has 0 aromatic heterocycles. The van der Waals surface area contributed by atoms with Gasteiger partial charge in [0.25, 0.3) is 0 Å². The molecule has 98 valence electrons. The summed E-state index contributed by atoms with van der Waals surface area (Å²) in [4.78, 5) is 11.3. The summed E-state index contributed by atoms with van der Waals surface area (Å²) in [6, 6.07) is 7.03. The Morgan fingerprint density at radius 2 is 1.89 bits per heavy atom. The number of carbonyl (C=O) groups is 1. The maximum absolute atomic E-state index is 12.4. The van der Waals surface area contributed by atoms with Gasteiger partial charge in [-0.1, -0.05) is 18.2 Å². The van der Waals surface area contributed by atoms with Gasteiger partial charge in [-0.15, -0.1) is 0 Å². The second kappa shape index (κ2) is 5.07. The number of carboxylic acids is 1. The van der Waals surface area contributed by atoms with Gasteiger partial charge in [0.05, 0.1) is 4.90 Å². The lowest BCUT2D eigenvalue weighted by atomic mass is 10.1. The molecule has 1 saturated heterocycles. The smallest absolute Gasteiger partial charge is 0.322 e. The molecule has 0 radical (unpaired) electrons. The highest BCUT2D eigenvalue weighted by Crippen LogP contribution is 2.25. The van der Waals surface area contributed by atoms with Gasteiger partial charge < -0.3 is 5.11 Å². The summed E-state index contributed by atoms with van der Waals surface area (Å²) in [6.07, 6.45) is 1.83. The van der Waals surface area contributed by atoms with Crippen molar-refractivity contribution < 1.29 is 18.3 Å². The van der Waals surface area contributed by atoms with Gasteiger partial charge in [0.2, 0.25) is 10.0 Å². The van der Waals surface area contributed by atoms with Crippen LogP contribution in [0.1, 0.15) is 19.3 Å². The molecule has 0 saturated carbocycles. The standard InChI is InChI=1S/C12H15NO4S/c14-12(15)11-8-4-5-9-13(11)18(16,17)10-6-2-1-3-7-10/h1-3,6-7,11H,4-5,8-9H2,(H,14,15)/t11-/m1/s1. The van der Waals surface area contributed by atoms with Crippen LogP contribution in [0.3, 0.4) is 0 Å². The van der Waals surface area contributed by atoms with Gasteiger partial charge in [0, 0.05) is 6.54 Å². The van der Waals surface area contributed by atoms with Crippen molar-refractivity contribution in [2.45, 2.75) is 30.2 Å². The summed E-state index contributed by atoms with van der Waals surface area (Å²) in [7, 11) is -3.70. The first-order chi connectivity index (χ1) is 8.53. The topological polar surface area (TPSA) is 74.7 Å². The Labute approximate surface area is 106 Å². The number of nitrogens with zero attached hydrogens (tertiary/aromatic N) is 1. The van der Waals surface area contributed by atoms with E-state index in [0.29, 0.717) is 12.8 Å². The van der Waals surface area contributed by atoms with Gasteiger partial charge in [0.15, 0.2) is 0 Å². The fraction of sp³-hybridized carbons (Fsp3) is 0.417. The van der Waals surface area contributed by atoms with Crippen LogP contribution >= 0.6 is 0 Å². The monoisotopic (exact) mass is 269 g/mol. The molecule has 1 atom stereocenters. The largest absolute Gasteiger partial charge is 0.480 e. The van der Waals surface area contributed by atoms with Crippen molar-refractivity contribution >= 4 is 16.0 Å². The van der Waals surface area contributed by atoms with Gasteiger partial charge in [-0.2, -0.15) is 4.31 Å². The van der Waals surface area contributed by atoms with E-state index in [9.17, 15) is 13.2 Å². The summed E-state index contributed by atoms with van der Waals surface area (Å²) in [6.45, 7) is 0.272. The molecule has 1 N–H and O–H groups in total. The molecule has 0 aliphatic carbocycles. The quantitative estimate of drug-likeness (QED) is 0.898. The molecule has 1 aromatic rings. The molecule has 1 aromatic carbocycles. The van der Waals surface area contributed by atoms with Crippen LogP contribution in [0.5, 0.6) is 0 Å². The Bertz CT molecular complexity index is 526. The Balaban J connectivity index is 2.36. The van der Waals surface area contributed by atoms with Crippen LogP contribution in [-0.2, 0) is 14.8 Å². The number of aliphatic carboxylic acids is 1. The second-order valence-electron chi connectivity index (χ2n) is 4.28. The minimum absolute atomic E-state index is 0.151. The van der Waals surface area contributed by atoms with Crippen molar-refractivity contribution in [1.29, 1.82) is 0 Å². The molecule has 6 heteroatoms. The minimum atomic E-state index is -3.70. The zero-order valence-corrected chi connectivity index (χ0v) is 10.6. The van der Waals surface area contributed by atoms with E-state index in [-0.39, 0.29) is 11.4 Å². The molecule has 0 bridgehead atoms. The lowest BCUT2D eigenvalue weighted by molar-refractivity contribution is -0.142. The van der Waals surface area contributed by atoms with Gasteiger partial charge in [-0.25, -0.2) is 8.42 Å². The van der Waals surface area contributed by atoms with E-state index in [1.165, 1.54) is 12.1 Å². The number of piperidine rings is 1. The highest BCUT2D eigenvalue weighted by Gasteiger charge is 2.37. The van der Waals surface area contributed by atoms with Gasteiger partial charge >= 0.3 is 5.97 Å². The van der Waals surface area contributed by atoms with Crippen LogP contribution in [0.15, 0.2) is 35.2 Å². The number of hydrogen-bond donors (Lipinski definition) is 1. The lowest BCUT2D eigenvalue weighted by Crippen LogP contribution is -2.47. The zero-order valence-electron chi connectivity index (χ0n) is 9.82. The summed E-state index contributed by atoms with van der Waals surface area (Å²) in [5, 5.41) is 9.11. The zero-order chi connectivity index (χ0) is 13.2. The van der Waals surface area contributed by atoms with Crippen molar-refractivity contribution in [2.75, 3.05) is 6.54 Å². The van der Waals surface area contributed by atoms with Crippen LogP contribution in [0.25, 0.3) is 0 Å². The van der Waals surface area contributed by atoms with Gasteiger partial charge in [-0.3, -0.25) is 4.79 Å². The molecule has 2 rings (SSSR count). The number of hydrogen-bond acceptors (Lipinski definition) is 3. The summed E-state index contributed by atoms with van der Waals surface area (Å²) < 4.78 is 25.8. The van der Waals surface area contributed by atoms with E-state index in [1.807, 2.05) is 0 Å². The maximum atomic E-state index is 12.4. The van der Waals surface area contributed by atoms with E-state index < -0.39 is 22.0 Å². The number of sulfonamides is 1. The van der Waals surface area contributed by atoms with Crippen molar-refractivity contribution in [3.63, 3.8) is 0 Å². The van der Waals surface area contributed by atoms with E-state index in [0.717, 1.165) is 10.7 Å². The van der Waals surface area contributed by atoms with Gasteiger partial charge in [0.1, 0.15) is 6.04 Å². The first-order valence-corrected chi connectivity index (χ1v) is 7.27. The normalized spacial score (nSPS) is 21.7. The van der Waals surface area contributed by atoms with Crippen molar-refractivity contribution in [3.8, 4) is 0 Å². The van der Waals surface area contributed by atoms with Crippen LogP contribution < -0.4 is 0 Å². The van der Waals surface area contributed by atoms with Crippen molar-refractivity contribution in [3.05, 3.63) is 30.3 Å². The Kier molecular flexibility index (Phi) is 3.68. The third-order valence-corrected chi connectivity index (χ3v) is 5.01. The van der Waals surface area contributed by atoms with Crippen LogP contribution in [0.2, 0.25) is 0 Å². The molecular weight excluding hydrogens is 254 g/mol. The Morgan fingerprint density at radius 1 is 1.22 bits per heavy atom. The maximum Gasteiger partial charge on any atom is 0.322 e. The third-order valence-electron chi connectivity index (χ3n) is 3.09. The van der Waals surface area contributed by atoms with Gasteiger partial charge in [-0.05, 0) is 31.4 Å². The average molecular weight is 269 g/mol. The summed E-state index contributed by atoms with van der Waals surface area (Å²) in [5.41, 5.74) is 0. The Morgan fingerprint density at radius 3 is 2.50 bits per heavy atom. The average Bonchev–Trinajstić information content (AvgIpc) is 2.39. The summed E-state index contributed by atoms with van der Waals surface area (Å²) >= 11 is 0. The van der Waals surface area contributed by atoms with Crippen LogP contribution in [-0.4, -0.2) is 36.4 Å². The predicted molar refractivity (Wildman–Crippen MR) is 65.6 cm³/mol. The fourth-order valence-corrected chi connectivity index (χ4v) is 3.84. The van der Waals surface area contributed by atoms with E-state index in [1.54, 1.807) is 18.2 Å². The minimum Gasteiger partial charge on any atom is -0.480 e. The molecular formula is C12H15NO4S. The fourth-order valence-electron chi connectivity index (χ4n) is 2.17. The van der Waals surface area contributed by atoms with Crippen molar-refractivity contribution in [2.24, 2.45) is 0 Å². The van der Waals surface area contributed by atoms with E-state index in [4.69, 9.17) is 5.11 Å². The molecule has 0 spiro atoms. The Hall–Kier alpha value is -1.40. The number of benzene rings is 1. The lowest BCUT2D eigenvalue weighted by Gasteiger charge is -2.31. The highest BCUT2D eigenvalue weighted by molar-refractivity contribution is 7.89. The molecule has 1 aliphatic rings. The summed E-state index contributed by atoms with van der Waals surface area (Å²) in [5.74, 6) is -1.07. The predicted octanol–water partition coefficient (Wildman–Crippen LogP) is 1.31. The third kappa shape index (κ3) is 2.39. The molecule has 1 aliphatic heterocycles.